The van der Waals surface area contributed by atoms with Crippen LogP contribution in [0.15, 0.2) is 58.7 Å². The Kier molecular flexibility index (Phi) is 8.80. The summed E-state index contributed by atoms with van der Waals surface area (Å²) in [5, 5.41) is 0.491. The highest BCUT2D eigenvalue weighted by molar-refractivity contribution is 7.89. The highest BCUT2D eigenvalue weighted by atomic mass is 35.5. The minimum absolute atomic E-state index is 0.0125. The van der Waals surface area contributed by atoms with Gasteiger partial charge in [0.25, 0.3) is 0 Å². The molecule has 36 heavy (non-hydrogen) atoms. The predicted octanol–water partition coefficient (Wildman–Crippen LogP) is 4.61. The van der Waals surface area contributed by atoms with Crippen molar-refractivity contribution in [3.05, 3.63) is 75.5 Å². The molecule has 0 aromatic heterocycles. The SMILES string of the molecule is CCOC(=O)C1(C(=O)OCC)CC(=C=C(C)CNS(=O)(=O)c2ccc(C)cc2)c2cc(Cl)ccc2C1. The van der Waals surface area contributed by atoms with Gasteiger partial charge in [0, 0.05) is 30.0 Å². The number of sulfonamides is 1. The summed E-state index contributed by atoms with van der Waals surface area (Å²) >= 11 is 6.25. The molecule has 0 bridgehead atoms. The number of hydrogen-bond donors (Lipinski definition) is 1. The molecule has 1 aliphatic rings. The predicted molar refractivity (Wildman–Crippen MR) is 138 cm³/mol. The molecule has 7 nitrogen and oxygen atoms in total. The minimum Gasteiger partial charge on any atom is -0.465 e. The van der Waals surface area contributed by atoms with Crippen LogP contribution < -0.4 is 4.72 Å². The second-order valence-electron chi connectivity index (χ2n) is 8.70. The van der Waals surface area contributed by atoms with Gasteiger partial charge in [0.1, 0.15) is 0 Å². The van der Waals surface area contributed by atoms with Crippen molar-refractivity contribution in [1.29, 1.82) is 0 Å². The van der Waals surface area contributed by atoms with E-state index in [1.165, 1.54) is 0 Å². The van der Waals surface area contributed by atoms with Gasteiger partial charge in [-0.2, -0.15) is 0 Å². The first-order valence-electron chi connectivity index (χ1n) is 11.7. The quantitative estimate of drug-likeness (QED) is 0.303. The van der Waals surface area contributed by atoms with Gasteiger partial charge in [-0.25, -0.2) is 13.1 Å². The Morgan fingerprint density at radius 1 is 1.03 bits per heavy atom. The maximum atomic E-state index is 13.1. The summed E-state index contributed by atoms with van der Waals surface area (Å²) in [6.45, 7) is 7.16. The fraction of sp³-hybridized carbons (Fsp3) is 0.370. The molecular formula is C27H30ClNO6S. The van der Waals surface area contributed by atoms with Gasteiger partial charge in [-0.1, -0.05) is 35.4 Å². The molecule has 0 spiro atoms. The van der Waals surface area contributed by atoms with Gasteiger partial charge in [-0.15, -0.1) is 5.73 Å². The van der Waals surface area contributed by atoms with E-state index in [-0.39, 0.29) is 37.5 Å². The number of carbonyl (C=O) groups is 2. The molecule has 9 heteroatoms. The standard InChI is InChI=1S/C27H30ClNO6S/c1-5-34-25(30)27(26(31)35-6-2)15-20-9-10-22(28)14-24(20)21(16-27)13-19(4)17-29-36(32,33)23-11-7-18(3)8-12-23/h7-12,14,29H,5-6,15-17H2,1-4H3. The first-order valence-corrected chi connectivity index (χ1v) is 13.5. The lowest BCUT2D eigenvalue weighted by atomic mass is 9.69. The molecule has 2 aromatic carbocycles. The van der Waals surface area contributed by atoms with E-state index < -0.39 is 27.4 Å². The van der Waals surface area contributed by atoms with Crippen molar-refractivity contribution in [2.45, 2.75) is 45.4 Å². The number of fused-ring (bicyclic) bond motifs is 1. The number of aryl methyl sites for hydroxylation is 1. The van der Waals surface area contributed by atoms with Crippen LogP contribution in [-0.2, 0) is 35.5 Å². The monoisotopic (exact) mass is 531 g/mol. The molecule has 192 valence electrons. The molecule has 3 rings (SSSR count). The van der Waals surface area contributed by atoms with E-state index in [2.05, 4.69) is 10.5 Å². The van der Waals surface area contributed by atoms with Crippen LogP contribution in [0.2, 0.25) is 5.02 Å². The summed E-state index contributed by atoms with van der Waals surface area (Å²) in [6, 6.07) is 11.8. The Morgan fingerprint density at radius 3 is 2.22 bits per heavy atom. The van der Waals surface area contributed by atoms with Crippen LogP contribution in [0.3, 0.4) is 0 Å². The molecule has 0 aliphatic heterocycles. The molecule has 1 aliphatic carbocycles. The number of ether oxygens (including phenoxy) is 2. The molecular weight excluding hydrogens is 502 g/mol. The average molecular weight is 532 g/mol. The third-order valence-electron chi connectivity index (χ3n) is 5.92. The van der Waals surface area contributed by atoms with Crippen molar-refractivity contribution in [2.24, 2.45) is 5.41 Å². The van der Waals surface area contributed by atoms with Gasteiger partial charge in [-0.05, 0) is 68.7 Å². The highest BCUT2D eigenvalue weighted by Gasteiger charge is 2.52. The van der Waals surface area contributed by atoms with Gasteiger partial charge in [0.05, 0.1) is 18.1 Å². The van der Waals surface area contributed by atoms with E-state index in [4.69, 9.17) is 21.1 Å². The molecule has 0 fully saturated rings. The van der Waals surface area contributed by atoms with Crippen LogP contribution in [0, 0.1) is 12.3 Å². The zero-order valence-corrected chi connectivity index (χ0v) is 22.4. The van der Waals surface area contributed by atoms with E-state index >= 15 is 0 Å². The van der Waals surface area contributed by atoms with Crippen molar-refractivity contribution in [3.63, 3.8) is 0 Å². The Bertz CT molecular complexity index is 1310. The summed E-state index contributed by atoms with van der Waals surface area (Å²) in [5.41, 5.74) is 5.18. The first-order chi connectivity index (χ1) is 17.0. The van der Waals surface area contributed by atoms with Crippen LogP contribution in [0.1, 0.15) is 43.9 Å². The fourth-order valence-electron chi connectivity index (χ4n) is 4.10. The van der Waals surface area contributed by atoms with Crippen LogP contribution in [0.25, 0.3) is 5.57 Å². The van der Waals surface area contributed by atoms with Crippen LogP contribution >= 0.6 is 11.6 Å². The van der Waals surface area contributed by atoms with E-state index in [0.717, 1.165) is 16.7 Å². The number of halogens is 1. The van der Waals surface area contributed by atoms with Gasteiger partial charge in [0.2, 0.25) is 10.0 Å². The molecule has 0 atom stereocenters. The molecule has 1 N–H and O–H groups in total. The molecule has 0 saturated heterocycles. The van der Waals surface area contributed by atoms with Crippen molar-refractivity contribution in [2.75, 3.05) is 19.8 Å². The molecule has 0 radical (unpaired) electrons. The third-order valence-corrected chi connectivity index (χ3v) is 7.58. The third kappa shape index (κ3) is 6.08. The molecule has 0 unspecified atom stereocenters. The average Bonchev–Trinajstić information content (AvgIpc) is 2.83. The number of benzene rings is 2. The smallest absolute Gasteiger partial charge is 0.324 e. The number of nitrogens with one attached hydrogen (secondary N) is 1. The Labute approximate surface area is 217 Å². The first kappa shape index (κ1) is 27.7. The van der Waals surface area contributed by atoms with Crippen molar-refractivity contribution >= 4 is 39.1 Å². The topological polar surface area (TPSA) is 98.8 Å². The van der Waals surface area contributed by atoms with Gasteiger partial charge in [0.15, 0.2) is 5.41 Å². The fourth-order valence-corrected chi connectivity index (χ4v) is 5.34. The van der Waals surface area contributed by atoms with E-state index in [0.29, 0.717) is 16.2 Å². The zero-order valence-electron chi connectivity index (χ0n) is 20.8. The van der Waals surface area contributed by atoms with E-state index in [1.807, 2.05) is 6.92 Å². The maximum Gasteiger partial charge on any atom is 0.324 e. The van der Waals surface area contributed by atoms with Crippen LogP contribution in [0.4, 0.5) is 0 Å². The normalized spacial score (nSPS) is 14.4. The Morgan fingerprint density at radius 2 is 1.64 bits per heavy atom. The Balaban J connectivity index is 2.04. The second kappa shape index (κ2) is 11.4. The van der Waals surface area contributed by atoms with Gasteiger partial charge < -0.3 is 9.47 Å². The van der Waals surface area contributed by atoms with E-state index in [1.54, 1.807) is 63.2 Å². The van der Waals surface area contributed by atoms with Crippen LogP contribution in [-0.4, -0.2) is 40.1 Å². The summed E-state index contributed by atoms with van der Waals surface area (Å²) in [7, 11) is -3.73. The summed E-state index contributed by atoms with van der Waals surface area (Å²) < 4.78 is 38.6. The molecule has 0 heterocycles. The number of esters is 2. The second-order valence-corrected chi connectivity index (χ2v) is 10.9. The van der Waals surface area contributed by atoms with Gasteiger partial charge >= 0.3 is 11.9 Å². The van der Waals surface area contributed by atoms with Crippen molar-refractivity contribution in [3.8, 4) is 0 Å². The highest BCUT2D eigenvalue weighted by Crippen LogP contribution is 2.44. The van der Waals surface area contributed by atoms with Crippen molar-refractivity contribution in [1.82, 2.24) is 4.72 Å². The van der Waals surface area contributed by atoms with Gasteiger partial charge in [-0.3, -0.25) is 9.59 Å². The van der Waals surface area contributed by atoms with Crippen LogP contribution in [0.5, 0.6) is 0 Å². The van der Waals surface area contributed by atoms with Crippen molar-refractivity contribution < 1.29 is 27.5 Å². The number of carbonyl (C=O) groups excluding carboxylic acids is 2. The summed E-state index contributed by atoms with van der Waals surface area (Å²) in [4.78, 5) is 26.3. The lowest BCUT2D eigenvalue weighted by Gasteiger charge is -2.34. The minimum atomic E-state index is -3.73. The number of hydrogen-bond acceptors (Lipinski definition) is 6. The number of rotatable bonds is 8. The lowest BCUT2D eigenvalue weighted by Crippen LogP contribution is -2.46. The summed E-state index contributed by atoms with van der Waals surface area (Å²) in [6.07, 6.45) is 0.0848. The zero-order chi connectivity index (χ0) is 26.5. The molecule has 0 amide bonds. The lowest BCUT2D eigenvalue weighted by molar-refractivity contribution is -0.172. The molecule has 0 saturated carbocycles. The Hall–Kier alpha value is -2.90. The maximum absolute atomic E-state index is 13.1. The largest absolute Gasteiger partial charge is 0.465 e. The summed E-state index contributed by atoms with van der Waals surface area (Å²) in [5.74, 6) is -1.33. The molecule has 2 aromatic rings. The van der Waals surface area contributed by atoms with E-state index in [9.17, 15) is 18.0 Å².